The van der Waals surface area contributed by atoms with Crippen molar-refractivity contribution in [1.29, 1.82) is 0 Å². The van der Waals surface area contributed by atoms with E-state index in [1.807, 2.05) is 36.4 Å². The Hall–Kier alpha value is -2.89. The Labute approximate surface area is 140 Å². The van der Waals surface area contributed by atoms with E-state index >= 15 is 0 Å². The summed E-state index contributed by atoms with van der Waals surface area (Å²) in [6.45, 7) is 1.40. The molecule has 2 N–H and O–H groups in total. The lowest BCUT2D eigenvalue weighted by Crippen LogP contribution is -2.39. The van der Waals surface area contributed by atoms with Gasteiger partial charge in [0.05, 0.1) is 6.54 Å². The first-order chi connectivity index (χ1) is 11.7. The molecule has 1 saturated heterocycles. The van der Waals surface area contributed by atoms with Gasteiger partial charge in [-0.05, 0) is 30.7 Å². The molecule has 1 aliphatic rings. The lowest BCUT2D eigenvalue weighted by molar-refractivity contribution is -0.128. The quantitative estimate of drug-likeness (QED) is 0.874. The van der Waals surface area contributed by atoms with Crippen molar-refractivity contribution in [2.45, 2.75) is 12.5 Å². The molecule has 2 amide bonds. The third-order valence-corrected chi connectivity index (χ3v) is 4.00. The molecular formula is C18H20N4O2. The summed E-state index contributed by atoms with van der Waals surface area (Å²) >= 11 is 0. The number of aromatic nitrogens is 1. The van der Waals surface area contributed by atoms with E-state index < -0.39 is 0 Å². The summed E-state index contributed by atoms with van der Waals surface area (Å²) in [5.74, 6) is 0.595. The van der Waals surface area contributed by atoms with Crippen LogP contribution in [0.3, 0.4) is 0 Å². The summed E-state index contributed by atoms with van der Waals surface area (Å²) in [6, 6.07) is 14.6. The van der Waals surface area contributed by atoms with E-state index in [-0.39, 0.29) is 24.4 Å². The Morgan fingerprint density at radius 1 is 1.12 bits per heavy atom. The second-order valence-electron chi connectivity index (χ2n) is 5.73. The predicted molar refractivity (Wildman–Crippen MR) is 91.6 cm³/mol. The number of carbonyl (C=O) groups is 2. The molecule has 0 spiro atoms. The van der Waals surface area contributed by atoms with E-state index in [0.717, 1.165) is 6.42 Å². The minimum Gasteiger partial charge on any atom is -0.361 e. The third-order valence-electron chi connectivity index (χ3n) is 4.00. The Bertz CT molecular complexity index is 691. The molecule has 1 aromatic carbocycles. The molecular weight excluding hydrogens is 304 g/mol. The summed E-state index contributed by atoms with van der Waals surface area (Å²) in [5.41, 5.74) is 0.638. The number of nitrogens with one attached hydrogen (secondary N) is 2. The van der Waals surface area contributed by atoms with Crippen LogP contribution >= 0.6 is 0 Å². The predicted octanol–water partition coefficient (Wildman–Crippen LogP) is 1.52. The normalized spacial score (nSPS) is 16.7. The van der Waals surface area contributed by atoms with Gasteiger partial charge in [0.2, 0.25) is 5.91 Å². The summed E-state index contributed by atoms with van der Waals surface area (Å²) < 4.78 is 0. The van der Waals surface area contributed by atoms with Crippen LogP contribution in [0, 0.1) is 0 Å². The second-order valence-corrected chi connectivity index (χ2v) is 5.73. The first-order valence-corrected chi connectivity index (χ1v) is 8.01. The number of hydrogen-bond acceptors (Lipinski definition) is 4. The zero-order valence-electron chi connectivity index (χ0n) is 13.3. The van der Waals surface area contributed by atoms with E-state index in [1.54, 1.807) is 23.2 Å². The van der Waals surface area contributed by atoms with Gasteiger partial charge in [-0.15, -0.1) is 0 Å². The highest BCUT2D eigenvalue weighted by atomic mass is 16.2. The number of nitrogens with zero attached hydrogens (tertiary/aromatic N) is 2. The lowest BCUT2D eigenvalue weighted by atomic mass is 10.2. The van der Waals surface area contributed by atoms with E-state index in [1.165, 1.54) is 0 Å². The maximum atomic E-state index is 12.2. The minimum atomic E-state index is -0.0958. The van der Waals surface area contributed by atoms with Crippen LogP contribution in [0.15, 0.2) is 54.7 Å². The molecule has 3 rings (SSSR count). The number of anilines is 1. The molecule has 0 saturated carbocycles. The molecule has 2 heterocycles. The number of hydrogen-bond donors (Lipinski definition) is 2. The Kier molecular flexibility index (Phi) is 5.05. The van der Waals surface area contributed by atoms with Crippen LogP contribution in [0.5, 0.6) is 0 Å². The zero-order valence-corrected chi connectivity index (χ0v) is 13.3. The van der Waals surface area contributed by atoms with Crippen molar-refractivity contribution in [3.8, 4) is 0 Å². The number of benzene rings is 1. The molecule has 0 bridgehead atoms. The van der Waals surface area contributed by atoms with Gasteiger partial charge in [0.1, 0.15) is 5.82 Å². The monoisotopic (exact) mass is 324 g/mol. The van der Waals surface area contributed by atoms with Crippen molar-refractivity contribution in [1.82, 2.24) is 15.2 Å². The van der Waals surface area contributed by atoms with E-state index in [9.17, 15) is 9.59 Å². The molecule has 24 heavy (non-hydrogen) atoms. The minimum absolute atomic E-state index is 0.00323. The van der Waals surface area contributed by atoms with E-state index in [2.05, 4.69) is 15.6 Å². The van der Waals surface area contributed by atoms with Crippen molar-refractivity contribution in [2.24, 2.45) is 0 Å². The van der Waals surface area contributed by atoms with Gasteiger partial charge < -0.3 is 15.5 Å². The molecule has 2 aromatic rings. The standard InChI is InChI=1S/C18H20N4O2/c23-17(12-20-16-8-4-5-10-19-16)22-11-9-15(13-22)21-18(24)14-6-2-1-3-7-14/h1-8,10,15H,9,11-13H2,(H,19,20)(H,21,24). The van der Waals surface area contributed by atoms with Gasteiger partial charge >= 0.3 is 0 Å². The van der Waals surface area contributed by atoms with Crippen LogP contribution in [-0.4, -0.2) is 47.4 Å². The molecule has 124 valence electrons. The van der Waals surface area contributed by atoms with Crippen molar-refractivity contribution < 1.29 is 9.59 Å². The van der Waals surface area contributed by atoms with Gasteiger partial charge in [0.15, 0.2) is 0 Å². The fourth-order valence-electron chi connectivity index (χ4n) is 2.71. The number of carbonyl (C=O) groups excluding carboxylic acids is 2. The molecule has 1 atom stereocenters. The summed E-state index contributed by atoms with van der Waals surface area (Å²) in [4.78, 5) is 30.3. The lowest BCUT2D eigenvalue weighted by Gasteiger charge is -2.17. The van der Waals surface area contributed by atoms with Crippen LogP contribution < -0.4 is 10.6 Å². The number of pyridine rings is 1. The highest BCUT2D eigenvalue weighted by Gasteiger charge is 2.27. The van der Waals surface area contributed by atoms with Crippen LogP contribution in [0.4, 0.5) is 5.82 Å². The van der Waals surface area contributed by atoms with Crippen LogP contribution in [-0.2, 0) is 4.79 Å². The maximum absolute atomic E-state index is 12.2. The fraction of sp³-hybridized carbons (Fsp3) is 0.278. The average molecular weight is 324 g/mol. The largest absolute Gasteiger partial charge is 0.361 e. The number of amides is 2. The second kappa shape index (κ2) is 7.59. The van der Waals surface area contributed by atoms with Crippen LogP contribution in [0.25, 0.3) is 0 Å². The average Bonchev–Trinajstić information content (AvgIpc) is 3.10. The molecule has 1 fully saturated rings. The highest BCUT2D eigenvalue weighted by molar-refractivity contribution is 5.94. The molecule has 6 nitrogen and oxygen atoms in total. The fourth-order valence-corrected chi connectivity index (χ4v) is 2.71. The van der Waals surface area contributed by atoms with Gasteiger partial charge in [0.25, 0.3) is 5.91 Å². The van der Waals surface area contributed by atoms with Gasteiger partial charge in [-0.25, -0.2) is 4.98 Å². The highest BCUT2D eigenvalue weighted by Crippen LogP contribution is 2.11. The molecule has 0 aliphatic carbocycles. The van der Waals surface area contributed by atoms with Crippen LogP contribution in [0.1, 0.15) is 16.8 Å². The topological polar surface area (TPSA) is 74.3 Å². The van der Waals surface area contributed by atoms with Crippen molar-refractivity contribution in [3.63, 3.8) is 0 Å². The summed E-state index contributed by atoms with van der Waals surface area (Å²) in [7, 11) is 0. The van der Waals surface area contributed by atoms with E-state index in [0.29, 0.717) is 24.5 Å². The van der Waals surface area contributed by atoms with Gasteiger partial charge in [-0.2, -0.15) is 0 Å². The van der Waals surface area contributed by atoms with E-state index in [4.69, 9.17) is 0 Å². The smallest absolute Gasteiger partial charge is 0.251 e. The molecule has 6 heteroatoms. The van der Waals surface area contributed by atoms with Gasteiger partial charge in [0, 0.05) is 30.9 Å². The molecule has 0 radical (unpaired) electrons. The Morgan fingerprint density at radius 2 is 1.92 bits per heavy atom. The van der Waals surface area contributed by atoms with Crippen LogP contribution in [0.2, 0.25) is 0 Å². The Morgan fingerprint density at radius 3 is 2.67 bits per heavy atom. The first-order valence-electron chi connectivity index (χ1n) is 8.01. The number of rotatable bonds is 5. The first kappa shape index (κ1) is 16.0. The summed E-state index contributed by atoms with van der Waals surface area (Å²) in [6.07, 6.45) is 2.45. The van der Waals surface area contributed by atoms with Gasteiger partial charge in [-0.1, -0.05) is 24.3 Å². The SMILES string of the molecule is O=C(NC1CCN(C(=O)CNc2ccccn2)C1)c1ccccc1. The van der Waals surface area contributed by atoms with Crippen molar-refractivity contribution in [2.75, 3.05) is 25.0 Å². The van der Waals surface area contributed by atoms with Crippen molar-refractivity contribution >= 4 is 17.6 Å². The maximum Gasteiger partial charge on any atom is 0.251 e. The summed E-state index contributed by atoms with van der Waals surface area (Å²) in [5, 5.41) is 6.00. The third kappa shape index (κ3) is 4.10. The zero-order chi connectivity index (χ0) is 16.8. The molecule has 1 aromatic heterocycles. The molecule has 1 aliphatic heterocycles. The van der Waals surface area contributed by atoms with Crippen molar-refractivity contribution in [3.05, 3.63) is 60.3 Å². The Balaban J connectivity index is 1.46. The molecule has 1 unspecified atom stereocenters. The number of likely N-dealkylation sites (tertiary alicyclic amines) is 1. The van der Waals surface area contributed by atoms with Gasteiger partial charge in [-0.3, -0.25) is 9.59 Å².